The first-order valence-electron chi connectivity index (χ1n) is 9.73. The first kappa shape index (κ1) is 19.7. The molecule has 6 nitrogen and oxygen atoms in total. The quantitative estimate of drug-likeness (QED) is 0.616. The van der Waals surface area contributed by atoms with Crippen LogP contribution in [0.15, 0.2) is 59.6 Å². The number of pyridine rings is 1. The molecular weight excluding hydrogens is 388 g/mol. The van der Waals surface area contributed by atoms with Crippen molar-refractivity contribution in [2.24, 2.45) is 0 Å². The Balaban J connectivity index is 1.51. The Labute approximate surface area is 171 Å². The molecule has 152 valence electrons. The van der Waals surface area contributed by atoms with E-state index in [-0.39, 0.29) is 11.0 Å². The highest BCUT2D eigenvalue weighted by molar-refractivity contribution is 7.89. The second-order valence-electron chi connectivity index (χ2n) is 7.08. The maximum absolute atomic E-state index is 13.1. The fourth-order valence-corrected chi connectivity index (χ4v) is 5.18. The first-order valence-corrected chi connectivity index (χ1v) is 11.2. The van der Waals surface area contributed by atoms with E-state index in [1.165, 1.54) is 4.31 Å². The monoisotopic (exact) mass is 412 g/mol. The van der Waals surface area contributed by atoms with E-state index in [4.69, 9.17) is 9.47 Å². The molecule has 2 heterocycles. The first-order chi connectivity index (χ1) is 14.0. The lowest BCUT2D eigenvalue weighted by Crippen LogP contribution is -2.31. The van der Waals surface area contributed by atoms with E-state index >= 15 is 0 Å². The molecule has 4 rings (SSSR count). The summed E-state index contributed by atoms with van der Waals surface area (Å²) in [5, 5.41) is 0.998. The topological polar surface area (TPSA) is 68.7 Å². The number of sulfonamides is 1. The molecule has 7 heteroatoms. The smallest absolute Gasteiger partial charge is 0.243 e. The van der Waals surface area contributed by atoms with Gasteiger partial charge in [0, 0.05) is 18.1 Å². The van der Waals surface area contributed by atoms with E-state index in [1.54, 1.807) is 24.4 Å². The maximum Gasteiger partial charge on any atom is 0.243 e. The molecule has 1 fully saturated rings. The van der Waals surface area contributed by atoms with Crippen LogP contribution < -0.4 is 9.47 Å². The molecule has 1 atom stereocenters. The zero-order valence-corrected chi connectivity index (χ0v) is 17.4. The van der Waals surface area contributed by atoms with E-state index in [1.807, 2.05) is 44.2 Å². The molecule has 0 N–H and O–H groups in total. The van der Waals surface area contributed by atoms with Gasteiger partial charge in [0.05, 0.1) is 18.0 Å². The minimum atomic E-state index is -3.58. The predicted octanol–water partition coefficient (Wildman–Crippen LogP) is 3.78. The van der Waals surface area contributed by atoms with Crippen molar-refractivity contribution in [1.82, 2.24) is 9.29 Å². The minimum Gasteiger partial charge on any atom is -0.494 e. The van der Waals surface area contributed by atoms with E-state index in [0.717, 1.165) is 16.5 Å². The molecule has 0 bridgehead atoms. The lowest BCUT2D eigenvalue weighted by atomic mass is 10.2. The van der Waals surface area contributed by atoms with Gasteiger partial charge in [0.2, 0.25) is 10.0 Å². The van der Waals surface area contributed by atoms with Gasteiger partial charge in [-0.2, -0.15) is 4.31 Å². The summed E-state index contributed by atoms with van der Waals surface area (Å²) >= 11 is 0. The summed E-state index contributed by atoms with van der Waals surface area (Å²) in [5.41, 5.74) is 1.60. The highest BCUT2D eigenvalue weighted by Crippen LogP contribution is 2.29. The molecular formula is C22H24N2O4S. The summed E-state index contributed by atoms with van der Waals surface area (Å²) in [5.74, 6) is 1.39. The predicted molar refractivity (Wildman–Crippen MR) is 112 cm³/mol. The number of fused-ring (bicyclic) bond motifs is 1. The van der Waals surface area contributed by atoms with E-state index in [9.17, 15) is 8.42 Å². The lowest BCUT2D eigenvalue weighted by Gasteiger charge is -2.18. The number of ether oxygens (including phenoxy) is 2. The Morgan fingerprint density at radius 3 is 2.76 bits per heavy atom. The van der Waals surface area contributed by atoms with Crippen molar-refractivity contribution in [3.8, 4) is 11.5 Å². The number of aromatic nitrogens is 1. The number of aryl methyl sites for hydroxylation is 1. The average Bonchev–Trinajstić information content (AvgIpc) is 3.19. The van der Waals surface area contributed by atoms with Gasteiger partial charge in [0.1, 0.15) is 23.1 Å². The molecule has 29 heavy (non-hydrogen) atoms. The fraction of sp³-hybridized carbons (Fsp3) is 0.318. The Morgan fingerprint density at radius 1 is 1.14 bits per heavy atom. The van der Waals surface area contributed by atoms with Crippen LogP contribution in [0.5, 0.6) is 11.5 Å². The van der Waals surface area contributed by atoms with Gasteiger partial charge in [-0.25, -0.2) is 8.42 Å². The van der Waals surface area contributed by atoms with Crippen molar-refractivity contribution in [2.45, 2.75) is 31.3 Å². The number of hydrogen-bond donors (Lipinski definition) is 0. The molecule has 1 unspecified atom stereocenters. The molecule has 0 radical (unpaired) electrons. The Hall–Kier alpha value is -2.64. The summed E-state index contributed by atoms with van der Waals surface area (Å²) < 4.78 is 39.3. The van der Waals surface area contributed by atoms with Crippen molar-refractivity contribution in [3.05, 3.63) is 60.3 Å². The van der Waals surface area contributed by atoms with Gasteiger partial charge in [-0.1, -0.05) is 18.2 Å². The molecule has 1 aromatic heterocycles. The second kappa shape index (κ2) is 8.00. The van der Waals surface area contributed by atoms with Gasteiger partial charge < -0.3 is 9.47 Å². The summed E-state index contributed by atoms with van der Waals surface area (Å²) in [6, 6.07) is 14.6. The number of benzene rings is 2. The molecule has 0 amide bonds. The third-order valence-corrected chi connectivity index (χ3v) is 6.94. The van der Waals surface area contributed by atoms with Gasteiger partial charge >= 0.3 is 0 Å². The molecule has 1 aliphatic rings. The van der Waals surface area contributed by atoms with Crippen molar-refractivity contribution >= 4 is 20.9 Å². The van der Waals surface area contributed by atoms with E-state index in [0.29, 0.717) is 37.6 Å². The Kier molecular flexibility index (Phi) is 5.43. The summed E-state index contributed by atoms with van der Waals surface area (Å²) in [4.78, 5) is 4.69. The minimum absolute atomic E-state index is 0.207. The molecule has 0 aliphatic carbocycles. The highest BCUT2D eigenvalue weighted by Gasteiger charge is 2.34. The summed E-state index contributed by atoms with van der Waals surface area (Å²) in [6.45, 7) is 5.05. The van der Waals surface area contributed by atoms with Crippen molar-refractivity contribution in [3.63, 3.8) is 0 Å². The maximum atomic E-state index is 13.1. The average molecular weight is 413 g/mol. The second-order valence-corrected chi connectivity index (χ2v) is 9.02. The SMILES string of the molecule is CCOc1ccc(S(=O)(=O)N2CCC(Oc3cccc4cccnc34)C2)cc1C. The summed E-state index contributed by atoms with van der Waals surface area (Å²) in [6.07, 6.45) is 2.16. The molecule has 1 saturated heterocycles. The van der Waals surface area contributed by atoms with Crippen LogP contribution in [0.2, 0.25) is 0 Å². The third kappa shape index (κ3) is 3.93. The van der Waals surface area contributed by atoms with Crippen LogP contribution in [0.4, 0.5) is 0 Å². The number of hydrogen-bond acceptors (Lipinski definition) is 5. The van der Waals surface area contributed by atoms with Gasteiger partial charge in [0.15, 0.2) is 0 Å². The van der Waals surface area contributed by atoms with Crippen LogP contribution in [0.3, 0.4) is 0 Å². The van der Waals surface area contributed by atoms with Crippen LogP contribution in [-0.4, -0.2) is 43.5 Å². The number of para-hydroxylation sites is 1. The lowest BCUT2D eigenvalue weighted by molar-refractivity contribution is 0.218. The fourth-order valence-electron chi connectivity index (χ4n) is 3.61. The zero-order chi connectivity index (χ0) is 20.4. The Morgan fingerprint density at radius 2 is 1.97 bits per heavy atom. The van der Waals surface area contributed by atoms with Crippen molar-refractivity contribution in [2.75, 3.05) is 19.7 Å². The van der Waals surface area contributed by atoms with Crippen LogP contribution in [0, 0.1) is 6.92 Å². The van der Waals surface area contributed by atoms with Crippen LogP contribution in [0.1, 0.15) is 18.9 Å². The molecule has 0 saturated carbocycles. The Bertz CT molecular complexity index is 1130. The molecule has 3 aromatic rings. The molecule has 1 aliphatic heterocycles. The normalized spacial score (nSPS) is 17.5. The van der Waals surface area contributed by atoms with E-state index in [2.05, 4.69) is 4.98 Å². The van der Waals surface area contributed by atoms with Gasteiger partial charge in [-0.3, -0.25) is 4.98 Å². The van der Waals surface area contributed by atoms with Crippen LogP contribution >= 0.6 is 0 Å². The standard InChI is InChI=1S/C22H24N2O4S/c1-3-27-20-10-9-19(14-16(20)2)29(25,26)24-13-11-18(15-24)28-21-8-4-6-17-7-5-12-23-22(17)21/h4-10,12,14,18H,3,11,13,15H2,1-2H3. The van der Waals surface area contributed by atoms with Gasteiger partial charge in [0.25, 0.3) is 0 Å². The molecule has 2 aromatic carbocycles. The zero-order valence-electron chi connectivity index (χ0n) is 16.5. The molecule has 0 spiro atoms. The van der Waals surface area contributed by atoms with Crippen molar-refractivity contribution in [1.29, 1.82) is 0 Å². The van der Waals surface area contributed by atoms with E-state index < -0.39 is 10.0 Å². The van der Waals surface area contributed by atoms with Gasteiger partial charge in [-0.05, 0) is 56.2 Å². The number of nitrogens with zero attached hydrogens (tertiary/aromatic N) is 2. The third-order valence-electron chi connectivity index (χ3n) is 5.08. The van der Waals surface area contributed by atoms with Gasteiger partial charge in [-0.15, -0.1) is 0 Å². The van der Waals surface area contributed by atoms with Crippen LogP contribution in [-0.2, 0) is 10.0 Å². The number of rotatable bonds is 6. The summed E-state index contributed by atoms with van der Waals surface area (Å²) in [7, 11) is -3.58. The van der Waals surface area contributed by atoms with Crippen LogP contribution in [0.25, 0.3) is 10.9 Å². The highest BCUT2D eigenvalue weighted by atomic mass is 32.2. The van der Waals surface area contributed by atoms with Crippen molar-refractivity contribution < 1.29 is 17.9 Å². The largest absolute Gasteiger partial charge is 0.494 e.